The standard InChI is InChI=1S/C19H25N5O/c1-23(2)19-21-11-9-16(22-19)14-24-12-6-10-20-18(25)17(24)13-15-7-4-3-5-8-15/h3-5,7-9,11,17H,6,10,12-14H2,1-2H3,(H,20,25). The molecule has 0 radical (unpaired) electrons. The summed E-state index contributed by atoms with van der Waals surface area (Å²) in [7, 11) is 3.85. The van der Waals surface area contributed by atoms with Crippen molar-refractivity contribution in [3.63, 3.8) is 0 Å². The first-order valence-corrected chi connectivity index (χ1v) is 8.68. The first kappa shape index (κ1) is 17.4. The van der Waals surface area contributed by atoms with E-state index in [2.05, 4.69) is 32.3 Å². The molecule has 0 spiro atoms. The van der Waals surface area contributed by atoms with Gasteiger partial charge in [-0.25, -0.2) is 9.97 Å². The summed E-state index contributed by atoms with van der Waals surface area (Å²) >= 11 is 0. The Bertz CT molecular complexity index is 704. The SMILES string of the molecule is CN(C)c1nccc(CN2CCCNC(=O)C2Cc2ccccc2)n1. The van der Waals surface area contributed by atoms with Crippen molar-refractivity contribution in [3.05, 3.63) is 53.9 Å². The van der Waals surface area contributed by atoms with E-state index in [1.807, 2.05) is 43.3 Å². The molecule has 1 N–H and O–H groups in total. The Hall–Kier alpha value is -2.47. The largest absolute Gasteiger partial charge is 0.355 e. The Morgan fingerprint density at radius 2 is 2.04 bits per heavy atom. The molecule has 3 rings (SSSR count). The zero-order valence-electron chi connectivity index (χ0n) is 14.9. The molecule has 1 fully saturated rings. The molecule has 1 aromatic carbocycles. The Kier molecular flexibility index (Phi) is 5.60. The smallest absolute Gasteiger partial charge is 0.237 e. The van der Waals surface area contributed by atoms with Crippen LogP contribution in [0.4, 0.5) is 5.95 Å². The van der Waals surface area contributed by atoms with Crippen LogP contribution in [0.25, 0.3) is 0 Å². The van der Waals surface area contributed by atoms with Crippen molar-refractivity contribution in [1.29, 1.82) is 0 Å². The van der Waals surface area contributed by atoms with Crippen LogP contribution in [0.1, 0.15) is 17.7 Å². The molecule has 0 saturated carbocycles. The number of anilines is 1. The number of nitrogens with one attached hydrogen (secondary N) is 1. The summed E-state index contributed by atoms with van der Waals surface area (Å²) in [6.45, 7) is 2.25. The van der Waals surface area contributed by atoms with Crippen molar-refractivity contribution >= 4 is 11.9 Å². The third-order valence-electron chi connectivity index (χ3n) is 4.40. The quantitative estimate of drug-likeness (QED) is 0.894. The van der Waals surface area contributed by atoms with E-state index in [1.54, 1.807) is 6.20 Å². The van der Waals surface area contributed by atoms with Gasteiger partial charge in [-0.3, -0.25) is 9.69 Å². The maximum atomic E-state index is 12.6. The Morgan fingerprint density at radius 1 is 1.24 bits per heavy atom. The fourth-order valence-corrected chi connectivity index (χ4v) is 3.08. The molecule has 1 aliphatic rings. The Labute approximate surface area is 148 Å². The Balaban J connectivity index is 1.80. The van der Waals surface area contributed by atoms with Crippen LogP contribution >= 0.6 is 0 Å². The molecule has 1 atom stereocenters. The minimum atomic E-state index is -0.178. The van der Waals surface area contributed by atoms with Crippen molar-refractivity contribution < 1.29 is 4.79 Å². The number of aromatic nitrogens is 2. The molecular formula is C19H25N5O. The van der Waals surface area contributed by atoms with Crippen LogP contribution in [0.15, 0.2) is 42.6 Å². The van der Waals surface area contributed by atoms with E-state index in [4.69, 9.17) is 0 Å². The van der Waals surface area contributed by atoms with Gasteiger partial charge in [-0.15, -0.1) is 0 Å². The van der Waals surface area contributed by atoms with Gasteiger partial charge in [0.15, 0.2) is 0 Å². The maximum Gasteiger partial charge on any atom is 0.237 e. The number of amides is 1. The van der Waals surface area contributed by atoms with E-state index in [0.29, 0.717) is 18.9 Å². The average molecular weight is 339 g/mol. The molecule has 2 aromatic rings. The van der Waals surface area contributed by atoms with Gasteiger partial charge in [0.05, 0.1) is 11.7 Å². The molecule has 1 amide bonds. The van der Waals surface area contributed by atoms with Gasteiger partial charge < -0.3 is 10.2 Å². The van der Waals surface area contributed by atoms with Gasteiger partial charge in [0, 0.05) is 39.9 Å². The molecule has 2 heterocycles. The fraction of sp³-hybridized carbons (Fsp3) is 0.421. The molecule has 1 unspecified atom stereocenters. The zero-order chi connectivity index (χ0) is 17.6. The van der Waals surface area contributed by atoms with Crippen LogP contribution in [0.2, 0.25) is 0 Å². The Morgan fingerprint density at radius 3 is 2.80 bits per heavy atom. The topological polar surface area (TPSA) is 61.4 Å². The van der Waals surface area contributed by atoms with E-state index in [0.717, 1.165) is 25.2 Å². The van der Waals surface area contributed by atoms with Gasteiger partial charge in [-0.1, -0.05) is 30.3 Å². The molecule has 6 nitrogen and oxygen atoms in total. The number of rotatable bonds is 5. The van der Waals surface area contributed by atoms with Crippen molar-refractivity contribution in [2.24, 2.45) is 0 Å². The van der Waals surface area contributed by atoms with E-state index in [1.165, 1.54) is 5.56 Å². The van der Waals surface area contributed by atoms with E-state index >= 15 is 0 Å². The normalized spacial score (nSPS) is 18.5. The lowest BCUT2D eigenvalue weighted by Gasteiger charge is -2.28. The summed E-state index contributed by atoms with van der Waals surface area (Å²) in [6.07, 6.45) is 3.43. The average Bonchev–Trinajstić information content (AvgIpc) is 2.79. The summed E-state index contributed by atoms with van der Waals surface area (Å²) in [4.78, 5) is 25.6. The molecule has 1 aromatic heterocycles. The number of carbonyl (C=O) groups excluding carboxylic acids is 1. The van der Waals surface area contributed by atoms with Crippen molar-refractivity contribution in [2.45, 2.75) is 25.4 Å². The zero-order valence-corrected chi connectivity index (χ0v) is 14.9. The highest BCUT2D eigenvalue weighted by molar-refractivity contribution is 5.82. The third-order valence-corrected chi connectivity index (χ3v) is 4.40. The molecule has 0 bridgehead atoms. The summed E-state index contributed by atoms with van der Waals surface area (Å²) in [5, 5.41) is 3.04. The highest BCUT2D eigenvalue weighted by Crippen LogP contribution is 2.16. The summed E-state index contributed by atoms with van der Waals surface area (Å²) in [5.41, 5.74) is 2.11. The second-order valence-electron chi connectivity index (χ2n) is 6.56. The minimum absolute atomic E-state index is 0.100. The van der Waals surface area contributed by atoms with Crippen LogP contribution in [-0.2, 0) is 17.8 Å². The predicted molar refractivity (Wildman–Crippen MR) is 98.3 cm³/mol. The predicted octanol–water partition coefficient (Wildman–Crippen LogP) is 1.48. The second kappa shape index (κ2) is 8.07. The van der Waals surface area contributed by atoms with Crippen LogP contribution in [0.3, 0.4) is 0 Å². The van der Waals surface area contributed by atoms with Crippen molar-refractivity contribution in [2.75, 3.05) is 32.1 Å². The summed E-state index contributed by atoms with van der Waals surface area (Å²) in [6, 6.07) is 11.9. The molecular weight excluding hydrogens is 314 g/mol. The molecule has 1 aliphatic heterocycles. The number of hydrogen-bond donors (Lipinski definition) is 1. The maximum absolute atomic E-state index is 12.6. The number of benzene rings is 1. The van der Waals surface area contributed by atoms with Crippen LogP contribution in [0.5, 0.6) is 0 Å². The summed E-state index contributed by atoms with van der Waals surface area (Å²) < 4.78 is 0. The lowest BCUT2D eigenvalue weighted by molar-refractivity contribution is -0.125. The van der Waals surface area contributed by atoms with Gasteiger partial charge in [0.1, 0.15) is 0 Å². The monoisotopic (exact) mass is 339 g/mol. The number of hydrogen-bond acceptors (Lipinski definition) is 5. The molecule has 0 aliphatic carbocycles. The van der Waals surface area contributed by atoms with Gasteiger partial charge in [0.25, 0.3) is 0 Å². The molecule has 1 saturated heterocycles. The van der Waals surface area contributed by atoms with Crippen molar-refractivity contribution in [3.8, 4) is 0 Å². The number of carbonyl (C=O) groups is 1. The molecule has 132 valence electrons. The second-order valence-corrected chi connectivity index (χ2v) is 6.56. The fourth-order valence-electron chi connectivity index (χ4n) is 3.08. The van der Waals surface area contributed by atoms with E-state index in [9.17, 15) is 4.79 Å². The first-order chi connectivity index (χ1) is 12.1. The minimum Gasteiger partial charge on any atom is -0.355 e. The van der Waals surface area contributed by atoms with Gasteiger partial charge >= 0.3 is 0 Å². The highest BCUT2D eigenvalue weighted by Gasteiger charge is 2.28. The van der Waals surface area contributed by atoms with Gasteiger partial charge in [-0.2, -0.15) is 0 Å². The van der Waals surface area contributed by atoms with Crippen LogP contribution in [-0.4, -0.2) is 54.0 Å². The molecule has 25 heavy (non-hydrogen) atoms. The van der Waals surface area contributed by atoms with Crippen molar-refractivity contribution in [1.82, 2.24) is 20.2 Å². The highest BCUT2D eigenvalue weighted by atomic mass is 16.2. The third kappa shape index (κ3) is 4.54. The lowest BCUT2D eigenvalue weighted by atomic mass is 10.0. The first-order valence-electron chi connectivity index (χ1n) is 8.68. The van der Waals surface area contributed by atoms with Crippen LogP contribution in [0, 0.1) is 0 Å². The van der Waals surface area contributed by atoms with Gasteiger partial charge in [-0.05, 0) is 24.5 Å². The number of nitrogens with zero attached hydrogens (tertiary/aromatic N) is 4. The van der Waals surface area contributed by atoms with Crippen LogP contribution < -0.4 is 10.2 Å². The van der Waals surface area contributed by atoms with E-state index in [-0.39, 0.29) is 11.9 Å². The summed E-state index contributed by atoms with van der Waals surface area (Å²) in [5.74, 6) is 0.791. The lowest BCUT2D eigenvalue weighted by Crippen LogP contribution is -2.45. The van der Waals surface area contributed by atoms with Gasteiger partial charge in [0.2, 0.25) is 11.9 Å². The molecule has 6 heteroatoms. The van der Waals surface area contributed by atoms with E-state index < -0.39 is 0 Å².